The number of guanidine groups is 1. The fourth-order valence-electron chi connectivity index (χ4n) is 3.02. The summed E-state index contributed by atoms with van der Waals surface area (Å²) in [5.74, 6) is 1.17. The number of ether oxygens (including phenoxy) is 1. The highest BCUT2D eigenvalue weighted by molar-refractivity contribution is 5.79. The van der Waals surface area contributed by atoms with Gasteiger partial charge in [0.05, 0.1) is 12.2 Å². The molecule has 1 aromatic heterocycles. The fraction of sp³-hybridized carbons (Fsp3) is 0.737. The molecule has 0 aromatic carbocycles. The molecule has 152 valence electrons. The predicted molar refractivity (Wildman–Crippen MR) is 107 cm³/mol. The van der Waals surface area contributed by atoms with Crippen LogP contribution in [0, 0.1) is 5.92 Å². The molecule has 0 spiro atoms. The topological polar surface area (TPSA) is 83.8 Å². The molecule has 2 rings (SSSR count). The van der Waals surface area contributed by atoms with Crippen molar-refractivity contribution in [2.24, 2.45) is 18.0 Å². The van der Waals surface area contributed by atoms with Crippen molar-refractivity contribution in [1.29, 1.82) is 0 Å². The third-order valence-corrected chi connectivity index (χ3v) is 4.39. The van der Waals surface area contributed by atoms with Crippen molar-refractivity contribution in [3.05, 3.63) is 18.0 Å². The molecule has 0 aliphatic carbocycles. The van der Waals surface area contributed by atoms with Crippen LogP contribution in [0.4, 0.5) is 4.79 Å². The van der Waals surface area contributed by atoms with Crippen molar-refractivity contribution in [1.82, 2.24) is 25.3 Å². The first-order chi connectivity index (χ1) is 12.8. The zero-order chi connectivity index (χ0) is 19.9. The fourth-order valence-corrected chi connectivity index (χ4v) is 3.02. The summed E-state index contributed by atoms with van der Waals surface area (Å²) in [4.78, 5) is 18.8. The monoisotopic (exact) mass is 378 g/mol. The van der Waals surface area contributed by atoms with Gasteiger partial charge in [-0.05, 0) is 52.5 Å². The molecule has 8 nitrogen and oxygen atoms in total. The second-order valence-corrected chi connectivity index (χ2v) is 7.96. The Bertz CT molecular complexity index is 634. The predicted octanol–water partition coefficient (Wildman–Crippen LogP) is 2.12. The molecule has 1 aliphatic heterocycles. The molecular weight excluding hydrogens is 344 g/mol. The molecule has 27 heavy (non-hydrogen) atoms. The largest absolute Gasteiger partial charge is 0.444 e. The van der Waals surface area contributed by atoms with Crippen molar-refractivity contribution in [2.45, 2.75) is 52.7 Å². The number of carbonyl (C=O) groups excluding carboxylic acids is 1. The SMILES string of the molecule is CCNC(=NCc1ccnn1C)NCC1CCCN(C(=O)OC(C)(C)C)C1. The lowest BCUT2D eigenvalue weighted by Gasteiger charge is -2.34. The van der Waals surface area contributed by atoms with E-state index in [2.05, 4.69) is 20.7 Å². The van der Waals surface area contributed by atoms with Gasteiger partial charge in [-0.15, -0.1) is 0 Å². The van der Waals surface area contributed by atoms with E-state index in [0.717, 1.165) is 44.1 Å². The van der Waals surface area contributed by atoms with E-state index in [0.29, 0.717) is 19.0 Å². The molecule has 0 bridgehead atoms. The first kappa shape index (κ1) is 21.1. The Morgan fingerprint density at radius 3 is 2.81 bits per heavy atom. The van der Waals surface area contributed by atoms with Gasteiger partial charge in [-0.25, -0.2) is 9.79 Å². The van der Waals surface area contributed by atoms with Gasteiger partial charge in [-0.3, -0.25) is 4.68 Å². The molecular formula is C19H34N6O2. The second-order valence-electron chi connectivity index (χ2n) is 7.96. The van der Waals surface area contributed by atoms with Crippen molar-refractivity contribution in [3.63, 3.8) is 0 Å². The Hall–Kier alpha value is -2.25. The zero-order valence-corrected chi connectivity index (χ0v) is 17.3. The highest BCUT2D eigenvalue weighted by Gasteiger charge is 2.27. The molecule has 1 aliphatic rings. The average molecular weight is 379 g/mol. The van der Waals surface area contributed by atoms with Gasteiger partial charge in [-0.1, -0.05) is 0 Å². The number of aromatic nitrogens is 2. The Labute approximate surface area is 162 Å². The standard InChI is InChI=1S/C19H34N6O2/c1-6-20-17(22-13-16-9-10-23-24(16)5)21-12-15-8-7-11-25(14-15)18(26)27-19(2,3)4/h9-10,15H,6-8,11-14H2,1-5H3,(H2,20,21,22). The van der Waals surface area contributed by atoms with Crippen molar-refractivity contribution in [2.75, 3.05) is 26.2 Å². The first-order valence-corrected chi connectivity index (χ1v) is 9.75. The van der Waals surface area contributed by atoms with Crippen LogP contribution in [0.25, 0.3) is 0 Å². The van der Waals surface area contributed by atoms with Gasteiger partial charge < -0.3 is 20.3 Å². The molecule has 0 saturated carbocycles. The summed E-state index contributed by atoms with van der Waals surface area (Å²) in [7, 11) is 1.92. The lowest BCUT2D eigenvalue weighted by atomic mass is 9.98. The number of aliphatic imine (C=N–C) groups is 1. The van der Waals surface area contributed by atoms with Crippen molar-refractivity contribution < 1.29 is 9.53 Å². The smallest absolute Gasteiger partial charge is 0.410 e. The average Bonchev–Trinajstić information content (AvgIpc) is 3.01. The van der Waals surface area contributed by atoms with Gasteiger partial charge in [0.25, 0.3) is 0 Å². The number of carbonyl (C=O) groups is 1. The van der Waals surface area contributed by atoms with E-state index in [1.165, 1.54) is 0 Å². The minimum Gasteiger partial charge on any atom is -0.444 e. The van der Waals surface area contributed by atoms with Crippen LogP contribution in [0.3, 0.4) is 0 Å². The number of rotatable bonds is 5. The van der Waals surface area contributed by atoms with Crippen LogP contribution < -0.4 is 10.6 Å². The van der Waals surface area contributed by atoms with Gasteiger partial charge in [0.1, 0.15) is 5.60 Å². The van der Waals surface area contributed by atoms with E-state index in [-0.39, 0.29) is 6.09 Å². The maximum Gasteiger partial charge on any atom is 0.410 e. The third kappa shape index (κ3) is 7.11. The molecule has 1 fully saturated rings. The Morgan fingerprint density at radius 2 is 2.19 bits per heavy atom. The molecule has 1 saturated heterocycles. The molecule has 2 heterocycles. The van der Waals surface area contributed by atoms with Crippen LogP contribution in [0.1, 0.15) is 46.2 Å². The highest BCUT2D eigenvalue weighted by atomic mass is 16.6. The summed E-state index contributed by atoms with van der Waals surface area (Å²) < 4.78 is 7.33. The molecule has 2 N–H and O–H groups in total. The third-order valence-electron chi connectivity index (χ3n) is 4.39. The Kier molecular flexibility index (Phi) is 7.50. The molecule has 1 unspecified atom stereocenters. The normalized spacial score (nSPS) is 18.3. The van der Waals surface area contributed by atoms with Crippen molar-refractivity contribution in [3.8, 4) is 0 Å². The number of nitrogens with one attached hydrogen (secondary N) is 2. The molecule has 8 heteroatoms. The summed E-state index contributed by atoms with van der Waals surface area (Å²) in [5, 5.41) is 10.9. The van der Waals surface area contributed by atoms with Crippen LogP contribution in [0.2, 0.25) is 0 Å². The minimum atomic E-state index is -0.459. The van der Waals surface area contributed by atoms with Crippen LogP contribution in [0.5, 0.6) is 0 Å². The summed E-state index contributed by atoms with van der Waals surface area (Å²) in [6.07, 6.45) is 3.64. The van der Waals surface area contributed by atoms with Gasteiger partial charge >= 0.3 is 6.09 Å². The second kappa shape index (κ2) is 9.62. The number of piperidine rings is 1. The molecule has 1 amide bonds. The zero-order valence-electron chi connectivity index (χ0n) is 17.3. The summed E-state index contributed by atoms with van der Waals surface area (Å²) in [6, 6.07) is 1.97. The van der Waals surface area contributed by atoms with E-state index in [1.807, 2.05) is 50.4 Å². The van der Waals surface area contributed by atoms with Crippen LogP contribution in [0.15, 0.2) is 17.3 Å². The Balaban J connectivity index is 1.86. The first-order valence-electron chi connectivity index (χ1n) is 9.75. The number of aryl methyl sites for hydroxylation is 1. The van der Waals surface area contributed by atoms with Crippen molar-refractivity contribution >= 4 is 12.1 Å². The van der Waals surface area contributed by atoms with Crippen LogP contribution >= 0.6 is 0 Å². The minimum absolute atomic E-state index is 0.219. The molecule has 1 aromatic rings. The van der Waals surface area contributed by atoms with E-state index >= 15 is 0 Å². The van der Waals surface area contributed by atoms with Gasteiger partial charge in [0.2, 0.25) is 0 Å². The lowest BCUT2D eigenvalue weighted by Crippen LogP contribution is -2.47. The quantitative estimate of drug-likeness (QED) is 0.606. The summed E-state index contributed by atoms with van der Waals surface area (Å²) in [5.41, 5.74) is 0.597. The molecule has 1 atom stereocenters. The number of amides is 1. The maximum atomic E-state index is 12.3. The lowest BCUT2D eigenvalue weighted by molar-refractivity contribution is 0.0168. The van der Waals surface area contributed by atoms with E-state index in [1.54, 1.807) is 6.20 Å². The maximum absolute atomic E-state index is 12.3. The number of hydrogen-bond donors (Lipinski definition) is 2. The van der Waals surface area contributed by atoms with Gasteiger partial charge in [0, 0.05) is 39.4 Å². The van der Waals surface area contributed by atoms with E-state index in [4.69, 9.17) is 4.74 Å². The Morgan fingerprint density at radius 1 is 1.41 bits per heavy atom. The van der Waals surface area contributed by atoms with Gasteiger partial charge in [0.15, 0.2) is 5.96 Å². The van der Waals surface area contributed by atoms with E-state index < -0.39 is 5.60 Å². The summed E-state index contributed by atoms with van der Waals surface area (Å²) in [6.45, 7) is 11.4. The molecule has 0 radical (unpaired) electrons. The number of nitrogens with zero attached hydrogens (tertiary/aromatic N) is 4. The number of likely N-dealkylation sites (tertiary alicyclic amines) is 1. The van der Waals surface area contributed by atoms with Gasteiger partial charge in [-0.2, -0.15) is 5.10 Å². The summed E-state index contributed by atoms with van der Waals surface area (Å²) >= 11 is 0. The van der Waals surface area contributed by atoms with Crippen LogP contribution in [-0.4, -0.2) is 58.5 Å². The number of hydrogen-bond acceptors (Lipinski definition) is 4. The van der Waals surface area contributed by atoms with E-state index in [9.17, 15) is 4.79 Å². The highest BCUT2D eigenvalue weighted by Crippen LogP contribution is 2.18. The van der Waals surface area contributed by atoms with Crippen LogP contribution in [-0.2, 0) is 18.3 Å².